The van der Waals surface area contributed by atoms with Gasteiger partial charge in [0.05, 0.1) is 11.8 Å². The molecule has 1 heterocycles. The summed E-state index contributed by atoms with van der Waals surface area (Å²) in [7, 11) is 0. The number of furan rings is 1. The summed E-state index contributed by atoms with van der Waals surface area (Å²) >= 11 is 5.48. The van der Waals surface area contributed by atoms with E-state index in [2.05, 4.69) is 9.73 Å². The molecule has 1 amide bonds. The highest BCUT2D eigenvalue weighted by Gasteiger charge is 2.12. The number of halogens is 1. The average Bonchev–Trinajstić information content (AvgIpc) is 2.47. The van der Waals surface area contributed by atoms with E-state index < -0.39 is 18.4 Å². The summed E-state index contributed by atoms with van der Waals surface area (Å²) in [5, 5.41) is 10.3. The van der Waals surface area contributed by atoms with Crippen molar-refractivity contribution in [2.45, 2.75) is 0 Å². The number of nitrogens with one attached hydrogen (secondary N) is 1. The number of carboxylic acid groups (broad SMARTS) is 1. The summed E-state index contributed by atoms with van der Waals surface area (Å²) in [5.74, 6) is -1.69. The highest BCUT2D eigenvalue weighted by Crippen LogP contribution is 2.15. The van der Waals surface area contributed by atoms with Crippen molar-refractivity contribution in [1.82, 2.24) is 5.32 Å². The quantitative estimate of drug-likeness (QED) is 0.760. The zero-order chi connectivity index (χ0) is 9.84. The van der Waals surface area contributed by atoms with E-state index in [1.54, 1.807) is 0 Å². The third-order valence-electron chi connectivity index (χ3n) is 1.26. The van der Waals surface area contributed by atoms with Crippen LogP contribution in [-0.2, 0) is 4.79 Å². The molecule has 70 valence electrons. The van der Waals surface area contributed by atoms with Crippen LogP contribution in [0.4, 0.5) is 0 Å². The SMILES string of the molecule is O=C(O)CNC(=O)c1ccoc1Cl. The fourth-order valence-electron chi connectivity index (χ4n) is 0.707. The van der Waals surface area contributed by atoms with Gasteiger partial charge in [-0.25, -0.2) is 0 Å². The van der Waals surface area contributed by atoms with Crippen LogP contribution in [0.2, 0.25) is 5.22 Å². The van der Waals surface area contributed by atoms with Crippen LogP contribution < -0.4 is 5.32 Å². The summed E-state index contributed by atoms with van der Waals surface area (Å²) in [6.07, 6.45) is 1.25. The Morgan fingerprint density at radius 2 is 2.31 bits per heavy atom. The summed E-state index contributed by atoms with van der Waals surface area (Å²) in [6.45, 7) is -0.444. The third-order valence-corrected chi connectivity index (χ3v) is 1.56. The van der Waals surface area contributed by atoms with E-state index in [0.29, 0.717) is 0 Å². The van der Waals surface area contributed by atoms with Crippen LogP contribution in [0.15, 0.2) is 16.7 Å². The van der Waals surface area contributed by atoms with Gasteiger partial charge in [0.2, 0.25) is 5.22 Å². The summed E-state index contributed by atoms with van der Waals surface area (Å²) in [4.78, 5) is 21.2. The van der Waals surface area contributed by atoms with Gasteiger partial charge in [-0.15, -0.1) is 0 Å². The van der Waals surface area contributed by atoms with Crippen molar-refractivity contribution >= 4 is 23.5 Å². The van der Waals surface area contributed by atoms with E-state index in [1.165, 1.54) is 12.3 Å². The first-order chi connectivity index (χ1) is 6.11. The number of amides is 1. The lowest BCUT2D eigenvalue weighted by molar-refractivity contribution is -0.135. The standard InChI is InChI=1S/C7H6ClNO4/c8-6-4(1-2-13-6)7(12)9-3-5(10)11/h1-2H,3H2,(H,9,12)(H,10,11). The van der Waals surface area contributed by atoms with Gasteiger partial charge < -0.3 is 14.8 Å². The van der Waals surface area contributed by atoms with E-state index >= 15 is 0 Å². The number of carbonyl (C=O) groups excluding carboxylic acids is 1. The first-order valence-electron chi connectivity index (χ1n) is 3.34. The summed E-state index contributed by atoms with van der Waals surface area (Å²) in [6, 6.07) is 1.36. The van der Waals surface area contributed by atoms with Crippen LogP contribution >= 0.6 is 11.6 Å². The van der Waals surface area contributed by atoms with E-state index in [0.717, 1.165) is 0 Å². The zero-order valence-corrected chi connectivity index (χ0v) is 7.17. The molecule has 2 N–H and O–H groups in total. The monoisotopic (exact) mass is 203 g/mol. The van der Waals surface area contributed by atoms with Crippen LogP contribution in [0.3, 0.4) is 0 Å². The van der Waals surface area contributed by atoms with E-state index in [-0.39, 0.29) is 10.8 Å². The molecule has 0 aliphatic rings. The highest BCUT2D eigenvalue weighted by atomic mass is 35.5. The van der Waals surface area contributed by atoms with Crippen molar-refractivity contribution in [2.24, 2.45) is 0 Å². The highest BCUT2D eigenvalue weighted by molar-refractivity contribution is 6.32. The van der Waals surface area contributed by atoms with E-state index in [1.807, 2.05) is 0 Å². The van der Waals surface area contributed by atoms with Gasteiger partial charge >= 0.3 is 5.97 Å². The molecule has 0 saturated heterocycles. The van der Waals surface area contributed by atoms with Gasteiger partial charge in [-0.05, 0) is 17.7 Å². The van der Waals surface area contributed by atoms with E-state index in [9.17, 15) is 9.59 Å². The minimum atomic E-state index is -1.12. The molecular formula is C7H6ClNO4. The number of aliphatic carboxylic acids is 1. The fraction of sp³-hybridized carbons (Fsp3) is 0.143. The molecule has 5 nitrogen and oxygen atoms in total. The van der Waals surface area contributed by atoms with Gasteiger partial charge in [0.25, 0.3) is 5.91 Å². The van der Waals surface area contributed by atoms with Gasteiger partial charge in [-0.1, -0.05) is 0 Å². The summed E-state index contributed by atoms with van der Waals surface area (Å²) in [5.41, 5.74) is 0.128. The number of rotatable bonds is 3. The predicted octanol–water partition coefficient (Wildman–Crippen LogP) is 0.747. The lowest BCUT2D eigenvalue weighted by Crippen LogP contribution is -2.29. The molecule has 0 spiro atoms. The smallest absolute Gasteiger partial charge is 0.322 e. The molecule has 6 heteroatoms. The van der Waals surface area contributed by atoms with Gasteiger partial charge in [-0.2, -0.15) is 0 Å². The minimum absolute atomic E-state index is 0.0529. The minimum Gasteiger partial charge on any atom is -0.480 e. The molecule has 1 aromatic rings. The predicted molar refractivity (Wildman–Crippen MR) is 43.7 cm³/mol. The van der Waals surface area contributed by atoms with Gasteiger partial charge in [0.1, 0.15) is 6.54 Å². The van der Waals surface area contributed by atoms with E-state index in [4.69, 9.17) is 16.7 Å². The Kier molecular flexibility index (Phi) is 2.92. The second kappa shape index (κ2) is 3.95. The maximum Gasteiger partial charge on any atom is 0.322 e. The molecular weight excluding hydrogens is 198 g/mol. The molecule has 0 aliphatic carbocycles. The molecule has 0 aliphatic heterocycles. The lowest BCUT2D eigenvalue weighted by Gasteiger charge is -1.98. The molecule has 0 radical (unpaired) electrons. The Morgan fingerprint density at radius 3 is 2.77 bits per heavy atom. The fourth-order valence-corrected chi connectivity index (χ4v) is 0.907. The van der Waals surface area contributed by atoms with Crippen molar-refractivity contribution in [3.8, 4) is 0 Å². The Balaban J connectivity index is 2.59. The Labute approximate surface area is 78.3 Å². The summed E-state index contributed by atoms with van der Waals surface area (Å²) < 4.78 is 4.65. The van der Waals surface area contributed by atoms with Crippen LogP contribution in [0, 0.1) is 0 Å². The first kappa shape index (κ1) is 9.60. The van der Waals surface area contributed by atoms with Crippen LogP contribution in [-0.4, -0.2) is 23.5 Å². The third kappa shape index (κ3) is 2.48. The maximum absolute atomic E-state index is 11.1. The van der Waals surface area contributed by atoms with Crippen molar-refractivity contribution in [3.63, 3.8) is 0 Å². The van der Waals surface area contributed by atoms with Crippen LogP contribution in [0.1, 0.15) is 10.4 Å². The molecule has 0 bridgehead atoms. The Morgan fingerprint density at radius 1 is 1.62 bits per heavy atom. The van der Waals surface area contributed by atoms with Crippen molar-refractivity contribution < 1.29 is 19.1 Å². The number of carbonyl (C=O) groups is 2. The molecule has 1 rings (SSSR count). The number of hydrogen-bond donors (Lipinski definition) is 2. The van der Waals surface area contributed by atoms with Crippen LogP contribution in [0.25, 0.3) is 0 Å². The molecule has 13 heavy (non-hydrogen) atoms. The zero-order valence-electron chi connectivity index (χ0n) is 6.41. The average molecular weight is 204 g/mol. The topological polar surface area (TPSA) is 79.5 Å². The van der Waals surface area contributed by atoms with Gasteiger partial charge in [-0.3, -0.25) is 9.59 Å². The van der Waals surface area contributed by atoms with Gasteiger partial charge in [0.15, 0.2) is 0 Å². The van der Waals surface area contributed by atoms with Gasteiger partial charge in [0, 0.05) is 0 Å². The molecule has 0 fully saturated rings. The Bertz CT molecular complexity index is 333. The molecule has 0 unspecified atom stereocenters. The van der Waals surface area contributed by atoms with Crippen molar-refractivity contribution in [2.75, 3.05) is 6.54 Å². The number of carboxylic acids is 1. The maximum atomic E-state index is 11.1. The normalized spacial score (nSPS) is 9.62. The lowest BCUT2D eigenvalue weighted by atomic mass is 10.3. The van der Waals surface area contributed by atoms with Crippen LogP contribution in [0.5, 0.6) is 0 Å². The molecule has 0 saturated carbocycles. The second-order valence-electron chi connectivity index (χ2n) is 2.18. The van der Waals surface area contributed by atoms with Crippen molar-refractivity contribution in [1.29, 1.82) is 0 Å². The molecule has 0 atom stereocenters. The Hall–Kier alpha value is -1.49. The number of hydrogen-bond acceptors (Lipinski definition) is 3. The van der Waals surface area contributed by atoms with Crippen molar-refractivity contribution in [3.05, 3.63) is 23.1 Å². The molecule has 1 aromatic heterocycles. The largest absolute Gasteiger partial charge is 0.480 e. The second-order valence-corrected chi connectivity index (χ2v) is 2.53. The first-order valence-corrected chi connectivity index (χ1v) is 3.72. The molecule has 0 aromatic carbocycles.